The van der Waals surface area contributed by atoms with Crippen LogP contribution >= 0.6 is 11.3 Å². The van der Waals surface area contributed by atoms with Gasteiger partial charge in [-0.05, 0) is 26.8 Å². The number of nitrogens with one attached hydrogen (secondary N) is 2. The highest BCUT2D eigenvalue weighted by Gasteiger charge is 2.07. The van der Waals surface area contributed by atoms with Gasteiger partial charge < -0.3 is 10.2 Å². The molecule has 2 aromatic rings. The number of hydrogen-bond acceptors (Lipinski definition) is 6. The lowest BCUT2D eigenvalue weighted by atomic mass is 10.3. The first-order valence-corrected chi connectivity index (χ1v) is 7.89. The van der Waals surface area contributed by atoms with Gasteiger partial charge in [0.25, 0.3) is 0 Å². The Balaban J connectivity index is 1.66. The fourth-order valence-electron chi connectivity index (χ4n) is 1.96. The summed E-state index contributed by atoms with van der Waals surface area (Å²) in [5.41, 5.74) is 0. The molecule has 2 N–H and O–H groups in total. The van der Waals surface area contributed by atoms with E-state index in [9.17, 15) is 0 Å². The first-order chi connectivity index (χ1) is 9.83. The second-order valence-corrected chi connectivity index (χ2v) is 5.59. The highest BCUT2D eigenvalue weighted by Crippen LogP contribution is 2.21. The fraction of sp³-hybridized carbons (Fsp3) is 0.615. The summed E-state index contributed by atoms with van der Waals surface area (Å²) < 4.78 is 0. The van der Waals surface area contributed by atoms with Crippen molar-refractivity contribution < 1.29 is 0 Å². The lowest BCUT2D eigenvalue weighted by Gasteiger charge is -2.16. The maximum Gasteiger partial charge on any atom is 0.185 e. The minimum Gasteiger partial charge on any atom is -0.349 e. The molecule has 2 aromatic heterocycles. The summed E-state index contributed by atoms with van der Waals surface area (Å²) in [6.45, 7) is 8.19. The first kappa shape index (κ1) is 14.9. The van der Waals surface area contributed by atoms with Crippen LogP contribution in [0, 0.1) is 0 Å². The highest BCUT2D eigenvalue weighted by atomic mass is 32.1. The van der Waals surface area contributed by atoms with E-state index in [0.717, 1.165) is 50.0 Å². The molecule has 0 bridgehead atoms. The Morgan fingerprint density at radius 3 is 2.85 bits per heavy atom. The zero-order chi connectivity index (χ0) is 14.2. The quantitative estimate of drug-likeness (QED) is 0.691. The van der Waals surface area contributed by atoms with Crippen molar-refractivity contribution in [3.63, 3.8) is 0 Å². The minimum atomic E-state index is 0.884. The number of rotatable bonds is 9. The number of anilines is 1. The third-order valence-corrected chi connectivity index (χ3v) is 4.16. The molecular weight excluding hydrogens is 272 g/mol. The van der Waals surface area contributed by atoms with Crippen LogP contribution in [0.25, 0.3) is 0 Å². The average molecular weight is 294 g/mol. The maximum absolute atomic E-state index is 4.48. The van der Waals surface area contributed by atoms with Crippen LogP contribution in [0.5, 0.6) is 0 Å². The molecule has 2 rings (SSSR count). The maximum atomic E-state index is 4.48. The van der Waals surface area contributed by atoms with E-state index in [1.807, 2.05) is 6.20 Å². The Labute approximate surface area is 123 Å². The van der Waals surface area contributed by atoms with E-state index in [-0.39, 0.29) is 0 Å². The summed E-state index contributed by atoms with van der Waals surface area (Å²) in [7, 11) is 0. The summed E-state index contributed by atoms with van der Waals surface area (Å²) in [4.78, 5) is 12.1. The third kappa shape index (κ3) is 4.28. The van der Waals surface area contributed by atoms with E-state index in [2.05, 4.69) is 44.2 Å². The second kappa shape index (κ2) is 7.96. The predicted molar refractivity (Wildman–Crippen MR) is 82.1 cm³/mol. The Morgan fingerprint density at radius 2 is 2.15 bits per heavy atom. The molecule has 0 aliphatic rings. The second-order valence-electron chi connectivity index (χ2n) is 4.49. The molecule has 7 heteroatoms. The van der Waals surface area contributed by atoms with Gasteiger partial charge in [0.2, 0.25) is 0 Å². The molecule has 0 radical (unpaired) electrons. The molecule has 0 saturated carbocycles. The molecule has 0 aliphatic heterocycles. The zero-order valence-electron chi connectivity index (χ0n) is 12.1. The van der Waals surface area contributed by atoms with Crippen molar-refractivity contribution >= 4 is 16.5 Å². The number of hydrogen-bond donors (Lipinski definition) is 2. The van der Waals surface area contributed by atoms with Crippen LogP contribution in [0.15, 0.2) is 12.5 Å². The normalized spacial score (nSPS) is 10.9. The van der Waals surface area contributed by atoms with Crippen molar-refractivity contribution in [3.8, 4) is 0 Å². The van der Waals surface area contributed by atoms with Crippen LogP contribution in [0.2, 0.25) is 0 Å². The van der Waals surface area contributed by atoms with Crippen molar-refractivity contribution in [1.82, 2.24) is 25.5 Å². The molecule has 0 amide bonds. The van der Waals surface area contributed by atoms with E-state index in [4.69, 9.17) is 0 Å². The molecule has 0 aliphatic carbocycles. The highest BCUT2D eigenvalue weighted by molar-refractivity contribution is 7.15. The van der Waals surface area contributed by atoms with Gasteiger partial charge in [-0.1, -0.05) is 0 Å². The standard InChI is InChI=1S/C13H22N6S/c1-3-19(4-2)13-15-9-11(20-13)8-14-7-5-6-12-16-10-17-18-12/h9-10,14H,3-8H2,1-2H3,(H,16,17,18). The Kier molecular flexibility index (Phi) is 5.94. The number of aryl methyl sites for hydroxylation is 1. The van der Waals surface area contributed by atoms with E-state index in [0.29, 0.717) is 0 Å². The van der Waals surface area contributed by atoms with Gasteiger partial charge in [-0.15, -0.1) is 11.3 Å². The minimum absolute atomic E-state index is 0.884. The summed E-state index contributed by atoms with van der Waals surface area (Å²) in [6, 6.07) is 0. The molecule has 20 heavy (non-hydrogen) atoms. The predicted octanol–water partition coefficient (Wildman–Crippen LogP) is 1.83. The van der Waals surface area contributed by atoms with Gasteiger partial charge >= 0.3 is 0 Å². The van der Waals surface area contributed by atoms with Gasteiger partial charge in [-0.25, -0.2) is 9.97 Å². The monoisotopic (exact) mass is 294 g/mol. The zero-order valence-corrected chi connectivity index (χ0v) is 12.9. The van der Waals surface area contributed by atoms with Gasteiger partial charge in [0, 0.05) is 37.1 Å². The van der Waals surface area contributed by atoms with Crippen LogP contribution < -0.4 is 10.2 Å². The van der Waals surface area contributed by atoms with Gasteiger partial charge in [0.1, 0.15) is 12.2 Å². The van der Waals surface area contributed by atoms with E-state index in [1.165, 1.54) is 4.88 Å². The van der Waals surface area contributed by atoms with Crippen molar-refractivity contribution in [1.29, 1.82) is 0 Å². The largest absolute Gasteiger partial charge is 0.349 e. The van der Waals surface area contributed by atoms with Gasteiger partial charge in [-0.2, -0.15) is 5.10 Å². The van der Waals surface area contributed by atoms with Crippen molar-refractivity contribution in [2.75, 3.05) is 24.5 Å². The molecule has 0 fully saturated rings. The molecule has 2 heterocycles. The SMILES string of the molecule is CCN(CC)c1ncc(CNCCCc2ncn[nH]2)s1. The Bertz CT molecular complexity index is 477. The lowest BCUT2D eigenvalue weighted by molar-refractivity contribution is 0.643. The molecule has 0 spiro atoms. The average Bonchev–Trinajstić information content (AvgIpc) is 3.12. The number of H-pyrrole nitrogens is 1. The summed E-state index contributed by atoms with van der Waals surface area (Å²) in [5.74, 6) is 0.952. The number of aromatic nitrogens is 4. The number of nitrogens with zero attached hydrogens (tertiary/aromatic N) is 4. The van der Waals surface area contributed by atoms with Gasteiger partial charge in [0.15, 0.2) is 5.13 Å². The molecule has 0 saturated heterocycles. The molecule has 110 valence electrons. The smallest absolute Gasteiger partial charge is 0.185 e. The summed E-state index contributed by atoms with van der Waals surface area (Å²) in [6.07, 6.45) is 5.51. The van der Waals surface area contributed by atoms with Crippen LogP contribution in [0.4, 0.5) is 5.13 Å². The summed E-state index contributed by atoms with van der Waals surface area (Å²) >= 11 is 1.77. The topological polar surface area (TPSA) is 69.7 Å². The first-order valence-electron chi connectivity index (χ1n) is 7.08. The van der Waals surface area contributed by atoms with Crippen LogP contribution in [-0.4, -0.2) is 39.8 Å². The molecule has 0 atom stereocenters. The molecule has 0 unspecified atom stereocenters. The number of thiazole rings is 1. The van der Waals surface area contributed by atoms with E-state index in [1.54, 1.807) is 17.7 Å². The number of aromatic amines is 1. The molecule has 0 aromatic carbocycles. The Morgan fingerprint density at radius 1 is 1.30 bits per heavy atom. The van der Waals surface area contributed by atoms with Gasteiger partial charge in [-0.3, -0.25) is 5.10 Å². The van der Waals surface area contributed by atoms with Crippen molar-refractivity contribution in [3.05, 3.63) is 23.2 Å². The molecule has 6 nitrogen and oxygen atoms in total. The van der Waals surface area contributed by atoms with Crippen LogP contribution in [0.3, 0.4) is 0 Å². The fourth-order valence-corrected chi connectivity index (χ4v) is 2.97. The summed E-state index contributed by atoms with van der Waals surface area (Å²) in [5, 5.41) is 11.3. The van der Waals surface area contributed by atoms with Crippen LogP contribution in [-0.2, 0) is 13.0 Å². The van der Waals surface area contributed by atoms with E-state index < -0.39 is 0 Å². The lowest BCUT2D eigenvalue weighted by Crippen LogP contribution is -2.21. The van der Waals surface area contributed by atoms with E-state index >= 15 is 0 Å². The van der Waals surface area contributed by atoms with Crippen LogP contribution in [0.1, 0.15) is 31.0 Å². The molecular formula is C13H22N6S. The van der Waals surface area contributed by atoms with Gasteiger partial charge in [0.05, 0.1) is 0 Å². The Hall–Kier alpha value is -1.47. The third-order valence-electron chi connectivity index (χ3n) is 3.11. The van der Waals surface area contributed by atoms with Crippen molar-refractivity contribution in [2.24, 2.45) is 0 Å². The van der Waals surface area contributed by atoms with Crippen molar-refractivity contribution in [2.45, 2.75) is 33.2 Å².